The van der Waals surface area contributed by atoms with Crippen LogP contribution in [-0.2, 0) is 0 Å². The first-order chi connectivity index (χ1) is 8.57. The van der Waals surface area contributed by atoms with E-state index in [4.69, 9.17) is 0 Å². The number of nitrogens with zero attached hydrogens (tertiary/aromatic N) is 1. The van der Waals surface area contributed by atoms with Crippen molar-refractivity contribution in [2.45, 2.75) is 33.1 Å². The molecule has 2 rings (SSSR count). The molecule has 0 aromatic carbocycles. The summed E-state index contributed by atoms with van der Waals surface area (Å²) in [5.41, 5.74) is 0.249. The smallest absolute Gasteiger partial charge is 0.0961 e. The van der Waals surface area contributed by atoms with Gasteiger partial charge in [0.25, 0.3) is 0 Å². The van der Waals surface area contributed by atoms with Gasteiger partial charge in [0.2, 0.25) is 0 Å². The Labute approximate surface area is 114 Å². The second kappa shape index (κ2) is 5.66. The minimum atomic E-state index is 0.249. The maximum atomic E-state index is 4.53. The Hall–Kier alpha value is -1.15. The first-order valence-corrected chi connectivity index (χ1v) is 7.36. The molecular formula is C16H21NS. The summed E-state index contributed by atoms with van der Waals surface area (Å²) >= 11 is 1.78. The van der Waals surface area contributed by atoms with E-state index in [1.54, 1.807) is 11.3 Å². The predicted octanol–water partition coefficient (Wildman–Crippen LogP) is 4.96. The quantitative estimate of drug-likeness (QED) is 0.747. The van der Waals surface area contributed by atoms with E-state index in [0.717, 1.165) is 6.42 Å². The third-order valence-corrected chi connectivity index (χ3v) is 4.24. The van der Waals surface area contributed by atoms with E-state index in [1.807, 2.05) is 6.20 Å². The zero-order chi connectivity index (χ0) is 13.0. The van der Waals surface area contributed by atoms with Gasteiger partial charge in [-0.25, -0.2) is 4.98 Å². The van der Waals surface area contributed by atoms with Crippen LogP contribution in [0.15, 0.2) is 48.0 Å². The highest BCUT2D eigenvalue weighted by Crippen LogP contribution is 2.41. The topological polar surface area (TPSA) is 12.9 Å². The fourth-order valence-corrected chi connectivity index (χ4v) is 3.26. The van der Waals surface area contributed by atoms with Crippen LogP contribution in [0.4, 0.5) is 0 Å². The molecule has 0 amide bonds. The lowest BCUT2D eigenvalue weighted by atomic mass is 9.76. The molecule has 1 aliphatic carbocycles. The van der Waals surface area contributed by atoms with Gasteiger partial charge in [-0.3, -0.25) is 0 Å². The maximum Gasteiger partial charge on any atom is 0.0961 e. The molecule has 0 saturated heterocycles. The Morgan fingerprint density at radius 2 is 1.83 bits per heavy atom. The molecule has 0 bridgehead atoms. The van der Waals surface area contributed by atoms with Crippen LogP contribution in [-0.4, -0.2) is 4.98 Å². The summed E-state index contributed by atoms with van der Waals surface area (Å²) in [5.74, 6) is 1.02. The largest absolute Gasteiger partial charge is 0.249 e. The molecule has 0 saturated carbocycles. The van der Waals surface area contributed by atoms with Gasteiger partial charge < -0.3 is 0 Å². The first-order valence-electron chi connectivity index (χ1n) is 6.48. The highest BCUT2D eigenvalue weighted by molar-refractivity contribution is 7.09. The zero-order valence-corrected chi connectivity index (χ0v) is 12.2. The molecule has 1 aromatic rings. The molecule has 1 aromatic heterocycles. The van der Waals surface area contributed by atoms with E-state index < -0.39 is 0 Å². The number of allylic oxidation sites excluding steroid dienone is 6. The maximum absolute atomic E-state index is 4.53. The molecule has 1 aliphatic rings. The minimum absolute atomic E-state index is 0.249. The summed E-state index contributed by atoms with van der Waals surface area (Å²) in [7, 11) is 0. The Balaban J connectivity index is 2.16. The Kier molecular flexibility index (Phi) is 4.18. The highest BCUT2D eigenvalue weighted by Gasteiger charge is 2.29. The van der Waals surface area contributed by atoms with E-state index in [9.17, 15) is 0 Å². The van der Waals surface area contributed by atoms with Gasteiger partial charge in [-0.15, -0.1) is 11.3 Å². The molecule has 0 N–H and O–H groups in total. The summed E-state index contributed by atoms with van der Waals surface area (Å²) in [6.45, 7) is 6.92. The van der Waals surface area contributed by atoms with Gasteiger partial charge >= 0.3 is 0 Å². The average Bonchev–Trinajstić information content (AvgIpc) is 2.68. The molecule has 0 aliphatic heterocycles. The number of aromatic nitrogens is 1. The van der Waals surface area contributed by atoms with Crippen molar-refractivity contribution < 1.29 is 0 Å². The lowest BCUT2D eigenvalue weighted by Gasteiger charge is -2.30. The van der Waals surface area contributed by atoms with Crippen LogP contribution in [0, 0.1) is 11.3 Å². The zero-order valence-electron chi connectivity index (χ0n) is 11.3. The molecule has 0 radical (unpaired) electrons. The lowest BCUT2D eigenvalue weighted by molar-refractivity contribution is 0.293. The van der Waals surface area contributed by atoms with Crippen molar-refractivity contribution in [3.8, 4) is 0 Å². The van der Waals surface area contributed by atoms with E-state index >= 15 is 0 Å². The second-order valence-corrected chi connectivity index (χ2v) is 6.77. The van der Waals surface area contributed by atoms with Gasteiger partial charge in [-0.05, 0) is 17.8 Å². The number of rotatable bonds is 3. The minimum Gasteiger partial charge on any atom is -0.249 e. The lowest BCUT2D eigenvalue weighted by Crippen LogP contribution is -2.20. The Morgan fingerprint density at radius 1 is 1.17 bits per heavy atom. The van der Waals surface area contributed by atoms with Gasteiger partial charge in [-0.2, -0.15) is 0 Å². The van der Waals surface area contributed by atoms with Crippen molar-refractivity contribution >= 4 is 11.3 Å². The van der Waals surface area contributed by atoms with E-state index in [1.165, 1.54) is 5.01 Å². The molecule has 0 fully saturated rings. The monoisotopic (exact) mass is 259 g/mol. The van der Waals surface area contributed by atoms with Crippen LogP contribution in [0.25, 0.3) is 0 Å². The van der Waals surface area contributed by atoms with Crippen molar-refractivity contribution in [2.24, 2.45) is 11.3 Å². The van der Waals surface area contributed by atoms with Crippen LogP contribution < -0.4 is 0 Å². The van der Waals surface area contributed by atoms with Crippen molar-refractivity contribution in [3.05, 3.63) is 53.0 Å². The normalized spacial score (nSPS) is 17.9. The van der Waals surface area contributed by atoms with Crippen molar-refractivity contribution in [3.63, 3.8) is 0 Å². The van der Waals surface area contributed by atoms with Gasteiger partial charge in [0.1, 0.15) is 0 Å². The van der Waals surface area contributed by atoms with Crippen LogP contribution >= 0.6 is 11.3 Å². The van der Waals surface area contributed by atoms with Gasteiger partial charge in [0, 0.05) is 17.5 Å². The summed E-state index contributed by atoms with van der Waals surface area (Å²) in [4.78, 5) is 4.53. The third kappa shape index (κ3) is 3.42. The highest BCUT2D eigenvalue weighted by atomic mass is 32.1. The first kappa shape index (κ1) is 13.3. The SMILES string of the molecule is CC(C)(C)C(CC1C=CC=CC=C1)c1nccs1. The molecule has 96 valence electrons. The number of thiazole rings is 1. The molecule has 1 heterocycles. The van der Waals surface area contributed by atoms with Crippen LogP contribution in [0.5, 0.6) is 0 Å². The van der Waals surface area contributed by atoms with Gasteiger partial charge in [0.05, 0.1) is 5.01 Å². The van der Waals surface area contributed by atoms with Crippen molar-refractivity contribution in [1.82, 2.24) is 4.98 Å². The van der Waals surface area contributed by atoms with Gasteiger partial charge in [-0.1, -0.05) is 57.2 Å². The Bertz CT molecular complexity index is 430. The molecule has 1 unspecified atom stereocenters. The molecule has 18 heavy (non-hydrogen) atoms. The molecule has 1 nitrogen and oxygen atoms in total. The fourth-order valence-electron chi connectivity index (χ4n) is 2.27. The summed E-state index contributed by atoms with van der Waals surface area (Å²) < 4.78 is 0. The predicted molar refractivity (Wildman–Crippen MR) is 79.8 cm³/mol. The van der Waals surface area contributed by atoms with Crippen molar-refractivity contribution in [1.29, 1.82) is 0 Å². The number of hydrogen-bond donors (Lipinski definition) is 0. The average molecular weight is 259 g/mol. The molecule has 2 heteroatoms. The molecular weight excluding hydrogens is 238 g/mol. The van der Waals surface area contributed by atoms with Gasteiger partial charge in [0.15, 0.2) is 0 Å². The van der Waals surface area contributed by atoms with Crippen LogP contribution in [0.2, 0.25) is 0 Å². The molecule has 1 atom stereocenters. The summed E-state index contributed by atoms with van der Waals surface area (Å²) in [6.07, 6.45) is 16.1. The van der Waals surface area contributed by atoms with E-state index in [-0.39, 0.29) is 5.41 Å². The van der Waals surface area contributed by atoms with Crippen molar-refractivity contribution in [2.75, 3.05) is 0 Å². The molecule has 0 spiro atoms. The fraction of sp³-hybridized carbons (Fsp3) is 0.438. The van der Waals surface area contributed by atoms with E-state index in [2.05, 4.69) is 67.6 Å². The van der Waals surface area contributed by atoms with E-state index in [0.29, 0.717) is 11.8 Å². The van der Waals surface area contributed by atoms with Crippen LogP contribution in [0.3, 0.4) is 0 Å². The summed E-state index contributed by atoms with van der Waals surface area (Å²) in [6, 6.07) is 0. The third-order valence-electron chi connectivity index (χ3n) is 3.35. The standard InChI is InChI=1S/C16H21NS/c1-16(2,3)14(15-17-10-11-18-15)12-13-8-6-4-5-7-9-13/h4-11,13-14H,12H2,1-3H3. The second-order valence-electron chi connectivity index (χ2n) is 5.84. The number of hydrogen-bond acceptors (Lipinski definition) is 2. The summed E-state index contributed by atoms with van der Waals surface area (Å²) in [5, 5.41) is 3.34. The van der Waals surface area contributed by atoms with Crippen LogP contribution in [0.1, 0.15) is 38.1 Å². The Morgan fingerprint density at radius 3 is 2.33 bits per heavy atom.